The molecule has 1 fully saturated rings. The van der Waals surface area contributed by atoms with Crippen LogP contribution in [-0.2, 0) is 4.74 Å². The number of hydrogen-bond acceptors (Lipinski definition) is 3. The molecule has 1 aromatic rings. The summed E-state index contributed by atoms with van der Waals surface area (Å²) in [5.74, 6) is -0.256. The van der Waals surface area contributed by atoms with Gasteiger partial charge in [-0.2, -0.15) is 0 Å². The quantitative estimate of drug-likeness (QED) is 0.788. The van der Waals surface area contributed by atoms with Crippen LogP contribution in [-0.4, -0.2) is 43.2 Å². The molecule has 0 spiro atoms. The Morgan fingerprint density at radius 1 is 1.40 bits per heavy atom. The number of amides is 1. The van der Waals surface area contributed by atoms with Gasteiger partial charge in [0, 0.05) is 19.3 Å². The van der Waals surface area contributed by atoms with Crippen molar-refractivity contribution in [3.8, 4) is 0 Å². The Morgan fingerprint density at radius 2 is 2.10 bits per heavy atom. The summed E-state index contributed by atoms with van der Waals surface area (Å²) in [6, 6.07) is -0.0304. The molecule has 114 valence electrons. The third-order valence-electron chi connectivity index (χ3n) is 3.33. The summed E-state index contributed by atoms with van der Waals surface area (Å²) in [6.07, 6.45) is 0.776. The fourth-order valence-electron chi connectivity index (χ4n) is 2.21. The predicted octanol–water partition coefficient (Wildman–Crippen LogP) is 2.16. The number of H-pyrrole nitrogens is 1. The Kier molecular flexibility index (Phi) is 6.61. The van der Waals surface area contributed by atoms with Gasteiger partial charge >= 0.3 is 0 Å². The number of piperidine rings is 1. The Hall–Kier alpha value is -0.460. The molecule has 0 aliphatic carbocycles. The fraction of sp³-hybridized carbons (Fsp3) is 0.583. The molecular formula is C12H18Cl3N3O2. The maximum atomic E-state index is 12.2. The first kappa shape index (κ1) is 17.6. The summed E-state index contributed by atoms with van der Waals surface area (Å²) < 4.78 is 5.35. The van der Waals surface area contributed by atoms with Crippen molar-refractivity contribution in [2.75, 3.05) is 20.2 Å². The number of hydrogen-bond donors (Lipinski definition) is 3. The second kappa shape index (κ2) is 7.52. The van der Waals surface area contributed by atoms with Crippen LogP contribution >= 0.6 is 35.6 Å². The molecule has 1 amide bonds. The van der Waals surface area contributed by atoms with Crippen molar-refractivity contribution in [1.29, 1.82) is 0 Å². The van der Waals surface area contributed by atoms with E-state index in [4.69, 9.17) is 27.9 Å². The molecule has 2 rings (SSSR count). The zero-order valence-electron chi connectivity index (χ0n) is 11.3. The molecule has 0 bridgehead atoms. The third kappa shape index (κ3) is 3.59. The SMILES string of the molecule is CO[C@H]1CNCC[C@H]1NC(=O)c1[nH]c(C)c(Cl)c1Cl.Cl. The van der Waals surface area contributed by atoms with Gasteiger partial charge in [-0.15, -0.1) is 12.4 Å². The van der Waals surface area contributed by atoms with Crippen LogP contribution in [0.3, 0.4) is 0 Å². The van der Waals surface area contributed by atoms with E-state index in [1.54, 1.807) is 14.0 Å². The van der Waals surface area contributed by atoms with Crippen LogP contribution in [0, 0.1) is 6.92 Å². The molecule has 1 saturated heterocycles. The van der Waals surface area contributed by atoms with Crippen molar-refractivity contribution < 1.29 is 9.53 Å². The standard InChI is InChI=1S/C12H17Cl2N3O2.ClH/c1-6-9(13)10(14)11(16-6)12(18)17-7-3-4-15-5-8(7)19-2;/h7-8,15-16H,3-5H2,1-2H3,(H,17,18);1H/t7-,8+;/m1./s1. The first-order valence-corrected chi connectivity index (χ1v) is 6.88. The van der Waals surface area contributed by atoms with E-state index in [1.165, 1.54) is 0 Å². The molecule has 0 unspecified atom stereocenters. The summed E-state index contributed by atoms with van der Waals surface area (Å²) in [6.45, 7) is 3.34. The topological polar surface area (TPSA) is 66.2 Å². The smallest absolute Gasteiger partial charge is 0.269 e. The molecule has 0 saturated carbocycles. The van der Waals surface area contributed by atoms with Gasteiger partial charge in [0.25, 0.3) is 5.91 Å². The maximum Gasteiger partial charge on any atom is 0.269 e. The minimum Gasteiger partial charge on any atom is -0.378 e. The van der Waals surface area contributed by atoms with Gasteiger partial charge in [-0.25, -0.2) is 0 Å². The van der Waals surface area contributed by atoms with E-state index in [9.17, 15) is 4.79 Å². The average Bonchev–Trinajstić information content (AvgIpc) is 2.67. The van der Waals surface area contributed by atoms with Crippen molar-refractivity contribution in [3.05, 3.63) is 21.4 Å². The number of methoxy groups -OCH3 is 1. The highest BCUT2D eigenvalue weighted by molar-refractivity contribution is 6.44. The van der Waals surface area contributed by atoms with E-state index in [0.717, 1.165) is 19.5 Å². The van der Waals surface area contributed by atoms with E-state index in [0.29, 0.717) is 16.4 Å². The summed E-state index contributed by atoms with van der Waals surface area (Å²) in [5, 5.41) is 6.81. The minimum absolute atomic E-state index is 0. The lowest BCUT2D eigenvalue weighted by Crippen LogP contribution is -2.53. The van der Waals surface area contributed by atoms with Crippen molar-refractivity contribution >= 4 is 41.5 Å². The van der Waals surface area contributed by atoms with E-state index in [-0.39, 0.29) is 35.5 Å². The average molecular weight is 343 g/mol. The fourth-order valence-corrected chi connectivity index (χ4v) is 2.63. The number of aryl methyl sites for hydroxylation is 1. The summed E-state index contributed by atoms with van der Waals surface area (Å²) >= 11 is 12.0. The van der Waals surface area contributed by atoms with Crippen LogP contribution in [0.5, 0.6) is 0 Å². The first-order valence-electron chi connectivity index (χ1n) is 6.12. The predicted molar refractivity (Wildman–Crippen MR) is 82.3 cm³/mol. The summed E-state index contributed by atoms with van der Waals surface area (Å²) in [7, 11) is 1.64. The number of carbonyl (C=O) groups is 1. The zero-order valence-corrected chi connectivity index (χ0v) is 13.6. The summed E-state index contributed by atoms with van der Waals surface area (Å²) in [4.78, 5) is 15.1. The number of halogens is 3. The van der Waals surface area contributed by atoms with Crippen LogP contribution in [0.15, 0.2) is 0 Å². The van der Waals surface area contributed by atoms with Crippen LogP contribution in [0.1, 0.15) is 22.6 Å². The molecule has 20 heavy (non-hydrogen) atoms. The van der Waals surface area contributed by atoms with Gasteiger partial charge in [-0.3, -0.25) is 4.79 Å². The van der Waals surface area contributed by atoms with Crippen LogP contribution in [0.25, 0.3) is 0 Å². The maximum absolute atomic E-state index is 12.2. The molecule has 2 heterocycles. The molecule has 1 aliphatic rings. The minimum atomic E-state index is -0.256. The van der Waals surface area contributed by atoms with Crippen LogP contribution in [0.2, 0.25) is 10.0 Å². The second-order valence-corrected chi connectivity index (χ2v) is 5.36. The molecule has 3 N–H and O–H groups in total. The monoisotopic (exact) mass is 341 g/mol. The Labute approximate surface area is 134 Å². The van der Waals surface area contributed by atoms with Crippen molar-refractivity contribution in [3.63, 3.8) is 0 Å². The Balaban J connectivity index is 0.00000200. The largest absolute Gasteiger partial charge is 0.378 e. The van der Waals surface area contributed by atoms with Crippen molar-refractivity contribution in [2.45, 2.75) is 25.5 Å². The van der Waals surface area contributed by atoms with Crippen LogP contribution < -0.4 is 10.6 Å². The zero-order chi connectivity index (χ0) is 14.0. The van der Waals surface area contributed by atoms with Crippen LogP contribution in [0.4, 0.5) is 0 Å². The van der Waals surface area contributed by atoms with Gasteiger partial charge in [0.05, 0.1) is 22.2 Å². The van der Waals surface area contributed by atoms with Gasteiger partial charge in [0.1, 0.15) is 5.69 Å². The van der Waals surface area contributed by atoms with E-state index in [2.05, 4.69) is 15.6 Å². The lowest BCUT2D eigenvalue weighted by atomic mass is 10.0. The van der Waals surface area contributed by atoms with Crippen molar-refractivity contribution in [2.24, 2.45) is 0 Å². The number of carbonyl (C=O) groups excluding carboxylic acids is 1. The number of aromatic amines is 1. The molecule has 0 aromatic carbocycles. The highest BCUT2D eigenvalue weighted by Gasteiger charge is 2.28. The highest BCUT2D eigenvalue weighted by Crippen LogP contribution is 2.29. The number of nitrogens with one attached hydrogen (secondary N) is 3. The second-order valence-electron chi connectivity index (χ2n) is 4.60. The molecule has 1 aliphatic heterocycles. The van der Waals surface area contributed by atoms with Crippen molar-refractivity contribution in [1.82, 2.24) is 15.6 Å². The molecule has 5 nitrogen and oxygen atoms in total. The number of aromatic nitrogens is 1. The summed E-state index contributed by atoms with van der Waals surface area (Å²) in [5.41, 5.74) is 0.989. The highest BCUT2D eigenvalue weighted by atomic mass is 35.5. The number of ether oxygens (including phenoxy) is 1. The van der Waals surface area contributed by atoms with E-state index < -0.39 is 0 Å². The molecule has 1 aromatic heterocycles. The Bertz CT molecular complexity index is 479. The third-order valence-corrected chi connectivity index (χ3v) is 4.27. The first-order chi connectivity index (χ1) is 9.04. The van der Waals surface area contributed by atoms with E-state index in [1.807, 2.05) is 0 Å². The number of rotatable bonds is 3. The Morgan fingerprint density at radius 3 is 2.65 bits per heavy atom. The van der Waals surface area contributed by atoms with Gasteiger partial charge in [-0.1, -0.05) is 23.2 Å². The lowest BCUT2D eigenvalue weighted by molar-refractivity contribution is 0.0475. The lowest BCUT2D eigenvalue weighted by Gasteiger charge is -2.31. The van der Waals surface area contributed by atoms with Gasteiger partial charge < -0.3 is 20.4 Å². The van der Waals surface area contributed by atoms with Gasteiger partial charge in [-0.05, 0) is 19.9 Å². The van der Waals surface area contributed by atoms with Gasteiger partial charge in [0.15, 0.2) is 0 Å². The van der Waals surface area contributed by atoms with E-state index >= 15 is 0 Å². The normalized spacial score (nSPS) is 22.2. The molecule has 8 heteroatoms. The van der Waals surface area contributed by atoms with Gasteiger partial charge in [0.2, 0.25) is 0 Å². The molecule has 0 radical (unpaired) electrons. The molecule has 2 atom stereocenters. The molecular weight excluding hydrogens is 325 g/mol.